The fourth-order valence-corrected chi connectivity index (χ4v) is 4.43. The van der Waals surface area contributed by atoms with E-state index >= 15 is 0 Å². The molecular weight excluding hydrogens is 402 g/mol. The van der Waals surface area contributed by atoms with Crippen molar-refractivity contribution in [2.45, 2.75) is 12.7 Å². The number of methoxy groups -OCH3 is 1. The average Bonchev–Trinajstić information content (AvgIpc) is 2.85. The highest BCUT2D eigenvalue weighted by atomic mass is 16.5. The summed E-state index contributed by atoms with van der Waals surface area (Å²) in [5.74, 6) is 0.843. The van der Waals surface area contributed by atoms with Crippen molar-refractivity contribution in [3.8, 4) is 5.75 Å². The molecule has 0 saturated carbocycles. The molecule has 6 nitrogen and oxygen atoms in total. The van der Waals surface area contributed by atoms with Crippen molar-refractivity contribution >= 4 is 17.3 Å². The average molecular weight is 430 g/mol. The molecule has 1 amide bonds. The number of anilines is 2. The van der Waals surface area contributed by atoms with Crippen molar-refractivity contribution in [3.63, 3.8) is 0 Å². The molecule has 5 rings (SSSR count). The molecule has 1 saturated heterocycles. The molecule has 0 unspecified atom stereocenters. The lowest BCUT2D eigenvalue weighted by molar-refractivity contribution is 0.0338. The Kier molecular flexibility index (Phi) is 5.79. The first-order chi connectivity index (χ1) is 15.7. The van der Waals surface area contributed by atoms with Crippen LogP contribution in [-0.2, 0) is 11.3 Å². The highest BCUT2D eigenvalue weighted by Crippen LogP contribution is 2.37. The van der Waals surface area contributed by atoms with E-state index in [9.17, 15) is 4.79 Å². The number of rotatable bonds is 5. The maximum atomic E-state index is 13.6. The van der Waals surface area contributed by atoms with Gasteiger partial charge < -0.3 is 14.8 Å². The van der Waals surface area contributed by atoms with E-state index in [0.29, 0.717) is 5.56 Å². The molecule has 3 aromatic rings. The number of hydrogen-bond donors (Lipinski definition) is 1. The SMILES string of the molecule is COc1ccc([C@@H]2Nc3ccccc3C(=O)N2c2ccccc2)cc1CN1CCOCC1. The van der Waals surface area contributed by atoms with Crippen molar-refractivity contribution in [1.82, 2.24) is 4.90 Å². The zero-order chi connectivity index (χ0) is 21.9. The van der Waals surface area contributed by atoms with Crippen LogP contribution in [0.4, 0.5) is 11.4 Å². The van der Waals surface area contributed by atoms with Gasteiger partial charge in [-0.15, -0.1) is 0 Å². The Labute approximate surface area is 188 Å². The normalized spacial score (nSPS) is 18.7. The highest BCUT2D eigenvalue weighted by molar-refractivity contribution is 6.12. The Morgan fingerprint density at radius 3 is 2.53 bits per heavy atom. The van der Waals surface area contributed by atoms with E-state index in [2.05, 4.69) is 16.3 Å². The van der Waals surface area contributed by atoms with Gasteiger partial charge in [0.2, 0.25) is 0 Å². The lowest BCUT2D eigenvalue weighted by Crippen LogP contribution is -2.43. The van der Waals surface area contributed by atoms with Gasteiger partial charge in [0.05, 0.1) is 25.9 Å². The van der Waals surface area contributed by atoms with Crippen molar-refractivity contribution in [2.75, 3.05) is 43.6 Å². The highest BCUT2D eigenvalue weighted by Gasteiger charge is 2.34. The number of amides is 1. The Bertz CT molecular complexity index is 1100. The first-order valence-electron chi connectivity index (χ1n) is 11.0. The third-order valence-corrected chi connectivity index (χ3v) is 6.08. The first-order valence-corrected chi connectivity index (χ1v) is 11.0. The lowest BCUT2D eigenvalue weighted by Gasteiger charge is -2.38. The molecule has 1 fully saturated rings. The van der Waals surface area contributed by atoms with Crippen molar-refractivity contribution < 1.29 is 14.3 Å². The number of ether oxygens (including phenoxy) is 2. The monoisotopic (exact) mass is 429 g/mol. The molecule has 164 valence electrons. The number of carbonyl (C=O) groups is 1. The van der Waals surface area contributed by atoms with Crippen LogP contribution in [0.5, 0.6) is 5.75 Å². The van der Waals surface area contributed by atoms with E-state index in [1.165, 1.54) is 0 Å². The van der Waals surface area contributed by atoms with Crippen LogP contribution >= 0.6 is 0 Å². The summed E-state index contributed by atoms with van der Waals surface area (Å²) in [6, 6.07) is 23.7. The lowest BCUT2D eigenvalue weighted by atomic mass is 10.0. The fraction of sp³-hybridized carbons (Fsp3) is 0.269. The van der Waals surface area contributed by atoms with Gasteiger partial charge in [-0.2, -0.15) is 0 Å². The maximum Gasteiger partial charge on any atom is 0.262 e. The Balaban J connectivity index is 1.55. The summed E-state index contributed by atoms with van der Waals surface area (Å²) in [5.41, 5.74) is 4.50. The maximum absolute atomic E-state index is 13.6. The van der Waals surface area contributed by atoms with E-state index in [0.717, 1.165) is 61.1 Å². The van der Waals surface area contributed by atoms with Gasteiger partial charge in [-0.05, 0) is 42.0 Å². The van der Waals surface area contributed by atoms with Gasteiger partial charge in [-0.1, -0.05) is 36.4 Å². The molecule has 0 aliphatic carbocycles. The molecular formula is C26H27N3O3. The molecule has 2 aliphatic rings. The Morgan fingerprint density at radius 1 is 1.00 bits per heavy atom. The third kappa shape index (κ3) is 3.95. The van der Waals surface area contributed by atoms with Crippen LogP contribution in [0, 0.1) is 0 Å². The molecule has 0 bridgehead atoms. The number of morpholine rings is 1. The van der Waals surface area contributed by atoms with Crippen LogP contribution in [0.1, 0.15) is 27.7 Å². The Hall–Kier alpha value is -3.35. The summed E-state index contributed by atoms with van der Waals surface area (Å²) in [7, 11) is 1.70. The first kappa shape index (κ1) is 20.5. The van der Waals surface area contributed by atoms with Crippen LogP contribution in [-0.4, -0.2) is 44.2 Å². The van der Waals surface area contributed by atoms with Crippen molar-refractivity contribution in [3.05, 3.63) is 89.5 Å². The predicted octanol–water partition coefficient (Wildman–Crippen LogP) is 4.30. The minimum Gasteiger partial charge on any atom is -0.496 e. The van der Waals surface area contributed by atoms with Gasteiger partial charge in [-0.3, -0.25) is 14.6 Å². The van der Waals surface area contributed by atoms with Crippen LogP contribution < -0.4 is 15.0 Å². The molecule has 1 N–H and O–H groups in total. The van der Waals surface area contributed by atoms with Gasteiger partial charge in [0.15, 0.2) is 0 Å². The number of fused-ring (bicyclic) bond motifs is 1. The summed E-state index contributed by atoms with van der Waals surface area (Å²) >= 11 is 0. The molecule has 1 atom stereocenters. The topological polar surface area (TPSA) is 54.0 Å². The van der Waals surface area contributed by atoms with Gasteiger partial charge in [0.1, 0.15) is 11.9 Å². The molecule has 2 aliphatic heterocycles. The molecule has 0 aromatic heterocycles. The fourth-order valence-electron chi connectivity index (χ4n) is 4.43. The summed E-state index contributed by atoms with van der Waals surface area (Å²) in [6.07, 6.45) is -0.325. The van der Waals surface area contributed by atoms with E-state index in [-0.39, 0.29) is 12.1 Å². The number of hydrogen-bond acceptors (Lipinski definition) is 5. The molecule has 3 aromatic carbocycles. The van der Waals surface area contributed by atoms with Crippen LogP contribution in [0.25, 0.3) is 0 Å². The van der Waals surface area contributed by atoms with Gasteiger partial charge in [0.25, 0.3) is 5.91 Å². The Morgan fingerprint density at radius 2 is 1.75 bits per heavy atom. The van der Waals surface area contributed by atoms with E-state index in [1.807, 2.05) is 71.6 Å². The molecule has 0 radical (unpaired) electrons. The zero-order valence-electron chi connectivity index (χ0n) is 18.2. The summed E-state index contributed by atoms with van der Waals surface area (Å²) in [5, 5.41) is 3.59. The third-order valence-electron chi connectivity index (χ3n) is 6.08. The van der Waals surface area contributed by atoms with Crippen LogP contribution in [0.15, 0.2) is 72.8 Å². The second-order valence-corrected chi connectivity index (χ2v) is 8.06. The van der Waals surface area contributed by atoms with Crippen molar-refractivity contribution in [2.24, 2.45) is 0 Å². The van der Waals surface area contributed by atoms with E-state index < -0.39 is 0 Å². The number of benzene rings is 3. The number of para-hydroxylation sites is 2. The van der Waals surface area contributed by atoms with Gasteiger partial charge in [-0.25, -0.2) is 0 Å². The molecule has 2 heterocycles. The van der Waals surface area contributed by atoms with Gasteiger partial charge in [0, 0.05) is 36.6 Å². The predicted molar refractivity (Wildman–Crippen MR) is 125 cm³/mol. The second kappa shape index (κ2) is 9.02. The number of nitrogens with zero attached hydrogens (tertiary/aromatic N) is 2. The van der Waals surface area contributed by atoms with Gasteiger partial charge >= 0.3 is 0 Å². The van der Waals surface area contributed by atoms with Crippen molar-refractivity contribution in [1.29, 1.82) is 0 Å². The molecule has 6 heteroatoms. The number of nitrogens with one attached hydrogen (secondary N) is 1. The molecule has 32 heavy (non-hydrogen) atoms. The zero-order valence-corrected chi connectivity index (χ0v) is 18.2. The molecule has 0 spiro atoms. The minimum atomic E-state index is -0.325. The second-order valence-electron chi connectivity index (χ2n) is 8.06. The smallest absolute Gasteiger partial charge is 0.262 e. The largest absolute Gasteiger partial charge is 0.496 e. The summed E-state index contributed by atoms with van der Waals surface area (Å²) in [4.78, 5) is 17.8. The van der Waals surface area contributed by atoms with E-state index in [4.69, 9.17) is 9.47 Å². The van der Waals surface area contributed by atoms with E-state index in [1.54, 1.807) is 7.11 Å². The standard InChI is InChI=1S/C26H27N3O3/c1-31-24-12-11-19(17-20(24)18-28-13-15-32-16-14-28)25-27-23-10-6-5-9-22(23)26(30)29(25)21-7-3-2-4-8-21/h2-12,17,25,27H,13-16,18H2,1H3/t25-/m1/s1. The van der Waals surface area contributed by atoms with Crippen LogP contribution in [0.3, 0.4) is 0 Å². The summed E-state index contributed by atoms with van der Waals surface area (Å²) in [6.45, 7) is 4.08. The number of carbonyl (C=O) groups excluding carboxylic acids is 1. The van der Waals surface area contributed by atoms with Crippen LogP contribution in [0.2, 0.25) is 0 Å². The quantitative estimate of drug-likeness (QED) is 0.656. The minimum absolute atomic E-state index is 0.0129. The summed E-state index contributed by atoms with van der Waals surface area (Å²) < 4.78 is 11.2.